The van der Waals surface area contributed by atoms with Crippen molar-refractivity contribution in [3.8, 4) is 11.3 Å². The Kier molecular flexibility index (Phi) is 3.54. The molecular weight excluding hydrogens is 387 g/mol. The molecule has 0 unspecified atom stereocenters. The number of fused-ring (bicyclic) bond motifs is 1. The number of rotatable bonds is 2. The van der Waals surface area contributed by atoms with Crippen molar-refractivity contribution >= 4 is 40.9 Å². The second kappa shape index (κ2) is 5.20. The molecule has 2 heterocycles. The third kappa shape index (κ3) is 2.24. The molecule has 1 aromatic carbocycles. The molecule has 0 aliphatic heterocycles. The fourth-order valence-corrected chi connectivity index (χ4v) is 4.28. The molecule has 0 radical (unpaired) electrons. The Hall–Kier alpha value is -1.36. The molecule has 4 nitrogen and oxygen atoms in total. The van der Waals surface area contributed by atoms with E-state index in [1.807, 2.05) is 41.8 Å². The van der Waals surface area contributed by atoms with Crippen LogP contribution in [0.4, 0.5) is 0 Å². The van der Waals surface area contributed by atoms with Gasteiger partial charge < -0.3 is 0 Å². The fraction of sp³-hybridized carbons (Fsp3) is 0.143. The number of halogens is 1. The first-order valence-electron chi connectivity index (χ1n) is 5.93. The SMILES string of the molecule is COC(=O)c1cn2c(C)c(-c3ccc(Br)cc3)nc2[se]1. The van der Waals surface area contributed by atoms with Gasteiger partial charge in [-0.25, -0.2) is 0 Å². The van der Waals surface area contributed by atoms with Crippen LogP contribution in [0.15, 0.2) is 34.9 Å². The van der Waals surface area contributed by atoms with Crippen LogP contribution in [0.2, 0.25) is 0 Å². The third-order valence-electron chi connectivity index (χ3n) is 3.07. The van der Waals surface area contributed by atoms with Crippen LogP contribution < -0.4 is 0 Å². The molecule has 3 aromatic rings. The number of imidazole rings is 1. The summed E-state index contributed by atoms with van der Waals surface area (Å²) in [6.45, 7) is 2.01. The Morgan fingerprint density at radius 2 is 2.05 bits per heavy atom. The zero-order valence-corrected chi connectivity index (χ0v) is 14.2. The van der Waals surface area contributed by atoms with Gasteiger partial charge in [0.15, 0.2) is 0 Å². The zero-order valence-electron chi connectivity index (χ0n) is 10.9. The average molecular weight is 398 g/mol. The van der Waals surface area contributed by atoms with E-state index in [2.05, 4.69) is 20.9 Å². The summed E-state index contributed by atoms with van der Waals surface area (Å²) in [6.07, 6.45) is 1.84. The topological polar surface area (TPSA) is 43.6 Å². The number of aryl methyl sites for hydroxylation is 1. The van der Waals surface area contributed by atoms with E-state index in [1.165, 1.54) is 7.11 Å². The van der Waals surface area contributed by atoms with Crippen molar-refractivity contribution < 1.29 is 9.53 Å². The van der Waals surface area contributed by atoms with Gasteiger partial charge >= 0.3 is 130 Å². The van der Waals surface area contributed by atoms with Crippen molar-refractivity contribution in [1.29, 1.82) is 0 Å². The molecule has 2 aromatic heterocycles. The molecule has 20 heavy (non-hydrogen) atoms. The van der Waals surface area contributed by atoms with Crippen LogP contribution in [0.5, 0.6) is 0 Å². The van der Waals surface area contributed by atoms with Crippen LogP contribution in [0.25, 0.3) is 15.8 Å². The molecule has 6 heteroatoms. The molecule has 0 spiro atoms. The Morgan fingerprint density at radius 3 is 2.65 bits per heavy atom. The average Bonchev–Trinajstić information content (AvgIpc) is 2.99. The van der Waals surface area contributed by atoms with Crippen molar-refractivity contribution in [2.45, 2.75) is 6.92 Å². The Balaban J connectivity index is 2.10. The molecule has 0 bridgehead atoms. The monoisotopic (exact) mass is 398 g/mol. The van der Waals surface area contributed by atoms with E-state index in [-0.39, 0.29) is 20.5 Å². The Morgan fingerprint density at radius 1 is 1.35 bits per heavy atom. The standard InChI is InChI=1S/C14H11BrN2O2Se/c1-8-12(9-3-5-10(15)6-4-9)16-14-17(8)7-11(20-14)13(18)19-2/h3-7H,1-2H3. The number of ether oxygens (including phenoxy) is 1. The molecule has 0 saturated heterocycles. The van der Waals surface area contributed by atoms with Gasteiger partial charge in [-0.3, -0.25) is 0 Å². The first-order chi connectivity index (χ1) is 9.60. The maximum absolute atomic E-state index is 11.6. The summed E-state index contributed by atoms with van der Waals surface area (Å²) in [7, 11) is 1.40. The van der Waals surface area contributed by atoms with Crippen molar-refractivity contribution in [1.82, 2.24) is 9.38 Å². The van der Waals surface area contributed by atoms with E-state index in [0.717, 1.165) is 25.9 Å². The van der Waals surface area contributed by atoms with E-state index in [4.69, 9.17) is 4.74 Å². The molecule has 0 saturated carbocycles. The Labute approximate surface area is 130 Å². The number of carbonyl (C=O) groups excluding carboxylic acids is 1. The fourth-order valence-electron chi connectivity index (χ4n) is 2.03. The molecule has 0 fully saturated rings. The van der Waals surface area contributed by atoms with E-state index in [1.54, 1.807) is 0 Å². The van der Waals surface area contributed by atoms with Gasteiger partial charge in [0.25, 0.3) is 0 Å². The van der Waals surface area contributed by atoms with Crippen molar-refractivity contribution in [3.63, 3.8) is 0 Å². The summed E-state index contributed by atoms with van der Waals surface area (Å²) < 4.78 is 9.44. The molecule has 0 N–H and O–H groups in total. The van der Waals surface area contributed by atoms with Gasteiger partial charge in [0.05, 0.1) is 0 Å². The molecule has 102 valence electrons. The van der Waals surface area contributed by atoms with Gasteiger partial charge in [-0.1, -0.05) is 0 Å². The van der Waals surface area contributed by atoms with E-state index < -0.39 is 0 Å². The van der Waals surface area contributed by atoms with Gasteiger partial charge in [-0.15, -0.1) is 0 Å². The number of aromatic nitrogens is 2. The van der Waals surface area contributed by atoms with Gasteiger partial charge in [0, 0.05) is 0 Å². The van der Waals surface area contributed by atoms with Gasteiger partial charge in [-0.05, 0) is 0 Å². The first-order valence-corrected chi connectivity index (χ1v) is 8.43. The van der Waals surface area contributed by atoms with Gasteiger partial charge in [0.1, 0.15) is 0 Å². The van der Waals surface area contributed by atoms with E-state index >= 15 is 0 Å². The predicted molar refractivity (Wildman–Crippen MR) is 81.3 cm³/mol. The van der Waals surface area contributed by atoms with Crippen molar-refractivity contribution in [3.05, 3.63) is 45.1 Å². The summed E-state index contributed by atoms with van der Waals surface area (Å²) in [6, 6.07) is 8.07. The minimum atomic E-state index is -0.264. The van der Waals surface area contributed by atoms with Crippen LogP contribution in [-0.4, -0.2) is 37.0 Å². The second-order valence-corrected chi connectivity index (χ2v) is 7.33. The van der Waals surface area contributed by atoms with Crippen molar-refractivity contribution in [2.75, 3.05) is 7.11 Å². The number of carbonyl (C=O) groups is 1. The van der Waals surface area contributed by atoms with E-state index in [9.17, 15) is 4.79 Å². The molecule has 0 amide bonds. The van der Waals surface area contributed by atoms with Crippen molar-refractivity contribution in [2.24, 2.45) is 0 Å². The maximum atomic E-state index is 11.6. The number of esters is 1. The number of nitrogens with zero attached hydrogens (tertiary/aromatic N) is 2. The summed E-state index contributed by atoms with van der Waals surface area (Å²) >= 11 is 3.34. The third-order valence-corrected chi connectivity index (χ3v) is 5.62. The molecule has 0 aliphatic carbocycles. The number of hydrogen-bond donors (Lipinski definition) is 0. The predicted octanol–water partition coefficient (Wildman–Crippen LogP) is 2.92. The summed E-state index contributed by atoms with van der Waals surface area (Å²) in [5, 5.41) is 0. The van der Waals surface area contributed by atoms with Crippen LogP contribution in [0.3, 0.4) is 0 Å². The van der Waals surface area contributed by atoms with Gasteiger partial charge in [0.2, 0.25) is 0 Å². The van der Waals surface area contributed by atoms with Crippen LogP contribution >= 0.6 is 15.9 Å². The molecule has 3 rings (SSSR count). The number of benzene rings is 1. The molecule has 0 atom stereocenters. The van der Waals surface area contributed by atoms with E-state index in [0.29, 0.717) is 4.44 Å². The second-order valence-electron chi connectivity index (χ2n) is 4.29. The molecular formula is C14H11BrN2O2Se. The van der Waals surface area contributed by atoms with Crippen LogP contribution in [-0.2, 0) is 4.74 Å². The number of hydrogen-bond acceptors (Lipinski definition) is 3. The first kappa shape index (κ1) is 13.6. The minimum absolute atomic E-state index is 0.0918. The summed E-state index contributed by atoms with van der Waals surface area (Å²) in [5.74, 6) is -0.264. The quantitative estimate of drug-likeness (QED) is 0.493. The van der Waals surface area contributed by atoms with Crippen LogP contribution in [0.1, 0.15) is 14.9 Å². The Bertz CT molecular complexity index is 789. The summed E-state index contributed by atoms with van der Waals surface area (Å²) in [5.41, 5.74) is 3.09. The zero-order chi connectivity index (χ0) is 14.3. The molecule has 0 aliphatic rings. The normalized spacial score (nSPS) is 10.9. The van der Waals surface area contributed by atoms with Crippen LogP contribution in [0, 0.1) is 6.92 Å². The number of methoxy groups -OCH3 is 1. The summed E-state index contributed by atoms with van der Waals surface area (Å²) in [4.78, 5) is 16.2. The van der Waals surface area contributed by atoms with Gasteiger partial charge in [-0.2, -0.15) is 0 Å².